The van der Waals surface area contributed by atoms with Gasteiger partial charge in [-0.2, -0.15) is 5.10 Å². The lowest BCUT2D eigenvalue weighted by Gasteiger charge is -2.09. The first-order valence-electron chi connectivity index (χ1n) is 7.32. The molecule has 0 aliphatic rings. The molecule has 1 aromatic heterocycles. The smallest absolute Gasteiger partial charge is 0.259 e. The highest BCUT2D eigenvalue weighted by atomic mass is 16.3. The largest absolute Gasteiger partial charge is 0.463 e. The van der Waals surface area contributed by atoms with E-state index in [1.807, 2.05) is 42.5 Å². The summed E-state index contributed by atoms with van der Waals surface area (Å²) in [6.07, 6.45) is 1.57. The Bertz CT molecular complexity index is 833. The van der Waals surface area contributed by atoms with Crippen molar-refractivity contribution >= 4 is 28.1 Å². The number of amides is 1. The summed E-state index contributed by atoms with van der Waals surface area (Å²) in [6, 6.07) is 17.5. The van der Waals surface area contributed by atoms with E-state index in [-0.39, 0.29) is 12.5 Å². The van der Waals surface area contributed by atoms with Gasteiger partial charge in [-0.1, -0.05) is 36.4 Å². The van der Waals surface area contributed by atoms with Gasteiger partial charge in [0.2, 0.25) is 0 Å². The van der Waals surface area contributed by atoms with E-state index < -0.39 is 0 Å². The molecule has 0 aliphatic carbocycles. The number of hydrogen-bond donors (Lipinski definition) is 2. The number of carbonyl (C=O) groups excluding carboxylic acids is 1. The van der Waals surface area contributed by atoms with Gasteiger partial charge in [0, 0.05) is 11.1 Å². The summed E-state index contributed by atoms with van der Waals surface area (Å²) >= 11 is 0. The maximum Gasteiger partial charge on any atom is 0.259 e. The lowest BCUT2D eigenvalue weighted by molar-refractivity contribution is -0.119. The number of anilines is 1. The van der Waals surface area contributed by atoms with Gasteiger partial charge in [0.05, 0.1) is 12.8 Å². The standard InChI is InChI=1S/C18H17N3O2/c1-13(17-10-5-11-23-17)20-21-18(22)12-19-16-9-4-7-14-6-2-3-8-15(14)16/h2-11,19H,12H2,1H3,(H,21,22). The molecule has 23 heavy (non-hydrogen) atoms. The van der Waals surface area contributed by atoms with Crippen molar-refractivity contribution in [3.05, 3.63) is 66.6 Å². The number of nitrogens with zero attached hydrogens (tertiary/aromatic N) is 1. The van der Waals surface area contributed by atoms with Crippen molar-refractivity contribution in [1.82, 2.24) is 5.43 Å². The van der Waals surface area contributed by atoms with Crippen molar-refractivity contribution < 1.29 is 9.21 Å². The van der Waals surface area contributed by atoms with Crippen LogP contribution in [-0.4, -0.2) is 18.2 Å². The molecule has 5 heteroatoms. The van der Waals surface area contributed by atoms with Crippen molar-refractivity contribution in [2.75, 3.05) is 11.9 Å². The first kappa shape index (κ1) is 14.8. The lowest BCUT2D eigenvalue weighted by atomic mass is 10.1. The predicted molar refractivity (Wildman–Crippen MR) is 91.5 cm³/mol. The molecule has 0 bridgehead atoms. The van der Waals surface area contributed by atoms with E-state index in [4.69, 9.17) is 4.42 Å². The Labute approximate surface area is 134 Å². The summed E-state index contributed by atoms with van der Waals surface area (Å²) in [7, 11) is 0. The number of rotatable bonds is 5. The number of hydrazone groups is 1. The van der Waals surface area contributed by atoms with E-state index in [0.29, 0.717) is 11.5 Å². The summed E-state index contributed by atoms with van der Waals surface area (Å²) in [5.74, 6) is 0.413. The van der Waals surface area contributed by atoms with Crippen LogP contribution in [0.3, 0.4) is 0 Å². The first-order valence-corrected chi connectivity index (χ1v) is 7.32. The number of furan rings is 1. The molecule has 0 unspecified atom stereocenters. The molecule has 5 nitrogen and oxygen atoms in total. The summed E-state index contributed by atoms with van der Waals surface area (Å²) in [4.78, 5) is 11.9. The van der Waals surface area contributed by atoms with Crippen LogP contribution in [0, 0.1) is 0 Å². The molecule has 0 atom stereocenters. The summed E-state index contributed by atoms with van der Waals surface area (Å²) < 4.78 is 5.21. The van der Waals surface area contributed by atoms with Gasteiger partial charge in [0.15, 0.2) is 0 Å². The molecule has 1 heterocycles. The Morgan fingerprint density at radius 2 is 1.91 bits per heavy atom. The summed E-state index contributed by atoms with van der Waals surface area (Å²) in [6.45, 7) is 1.92. The van der Waals surface area contributed by atoms with Crippen molar-refractivity contribution in [2.24, 2.45) is 5.10 Å². The molecule has 0 fully saturated rings. The third kappa shape index (κ3) is 3.58. The van der Waals surface area contributed by atoms with Crippen molar-refractivity contribution in [2.45, 2.75) is 6.92 Å². The Balaban J connectivity index is 1.61. The third-order valence-electron chi connectivity index (χ3n) is 3.46. The van der Waals surface area contributed by atoms with Crippen LogP contribution in [0.4, 0.5) is 5.69 Å². The number of carbonyl (C=O) groups is 1. The predicted octanol–water partition coefficient (Wildman–Crippen LogP) is 3.39. The van der Waals surface area contributed by atoms with E-state index in [9.17, 15) is 4.79 Å². The van der Waals surface area contributed by atoms with Gasteiger partial charge in [0.25, 0.3) is 5.91 Å². The van der Waals surface area contributed by atoms with Gasteiger partial charge < -0.3 is 9.73 Å². The Hall–Kier alpha value is -3.08. The molecule has 1 amide bonds. The van der Waals surface area contributed by atoms with E-state index in [0.717, 1.165) is 16.5 Å². The molecule has 2 N–H and O–H groups in total. The SMILES string of the molecule is CC(=NNC(=O)CNc1cccc2ccccc12)c1ccco1. The molecule has 3 aromatic rings. The number of hydrogen-bond acceptors (Lipinski definition) is 4. The molecule has 3 rings (SSSR count). The summed E-state index contributed by atoms with van der Waals surface area (Å²) in [5, 5.41) is 9.38. The zero-order valence-corrected chi connectivity index (χ0v) is 12.7. The second kappa shape index (κ2) is 6.79. The van der Waals surface area contributed by atoms with Gasteiger partial charge in [-0.15, -0.1) is 0 Å². The molecular formula is C18H17N3O2. The zero-order valence-electron chi connectivity index (χ0n) is 12.7. The second-order valence-corrected chi connectivity index (χ2v) is 5.09. The minimum atomic E-state index is -0.219. The van der Waals surface area contributed by atoms with E-state index in [1.54, 1.807) is 25.3 Å². The van der Waals surface area contributed by atoms with Gasteiger partial charge in [-0.05, 0) is 30.5 Å². The highest BCUT2D eigenvalue weighted by molar-refractivity contribution is 5.97. The quantitative estimate of drug-likeness (QED) is 0.561. The van der Waals surface area contributed by atoms with E-state index >= 15 is 0 Å². The second-order valence-electron chi connectivity index (χ2n) is 5.09. The number of nitrogens with one attached hydrogen (secondary N) is 2. The molecule has 0 aliphatic heterocycles. The van der Waals surface area contributed by atoms with Crippen LogP contribution in [0.25, 0.3) is 10.8 Å². The van der Waals surface area contributed by atoms with Crippen LogP contribution in [-0.2, 0) is 4.79 Å². The third-order valence-corrected chi connectivity index (χ3v) is 3.46. The first-order chi connectivity index (χ1) is 11.2. The van der Waals surface area contributed by atoms with E-state index in [2.05, 4.69) is 15.8 Å². The van der Waals surface area contributed by atoms with Gasteiger partial charge in [-0.3, -0.25) is 4.79 Å². The van der Waals surface area contributed by atoms with Crippen LogP contribution < -0.4 is 10.7 Å². The normalized spacial score (nSPS) is 11.4. The molecular weight excluding hydrogens is 290 g/mol. The fraction of sp³-hybridized carbons (Fsp3) is 0.111. The van der Waals surface area contributed by atoms with Crippen LogP contribution in [0.1, 0.15) is 12.7 Å². The minimum Gasteiger partial charge on any atom is -0.463 e. The van der Waals surface area contributed by atoms with Crippen LogP contribution in [0.15, 0.2) is 70.4 Å². The fourth-order valence-electron chi connectivity index (χ4n) is 2.28. The number of benzene rings is 2. The zero-order chi connectivity index (χ0) is 16.1. The average Bonchev–Trinajstić information content (AvgIpc) is 3.12. The maximum absolute atomic E-state index is 11.9. The van der Waals surface area contributed by atoms with Gasteiger partial charge in [0.1, 0.15) is 11.5 Å². The van der Waals surface area contributed by atoms with Crippen molar-refractivity contribution in [1.29, 1.82) is 0 Å². The minimum absolute atomic E-state index is 0.142. The number of fused-ring (bicyclic) bond motifs is 1. The Morgan fingerprint density at radius 3 is 2.74 bits per heavy atom. The topological polar surface area (TPSA) is 66.6 Å². The highest BCUT2D eigenvalue weighted by Crippen LogP contribution is 2.22. The molecule has 116 valence electrons. The fourth-order valence-corrected chi connectivity index (χ4v) is 2.28. The highest BCUT2D eigenvalue weighted by Gasteiger charge is 2.04. The van der Waals surface area contributed by atoms with E-state index in [1.165, 1.54) is 0 Å². The molecule has 0 radical (unpaired) electrons. The lowest BCUT2D eigenvalue weighted by Crippen LogP contribution is -2.26. The molecule has 0 saturated carbocycles. The molecule has 0 saturated heterocycles. The average molecular weight is 307 g/mol. The van der Waals surface area contributed by atoms with Gasteiger partial charge >= 0.3 is 0 Å². The monoisotopic (exact) mass is 307 g/mol. The molecule has 2 aromatic carbocycles. The Morgan fingerprint density at radius 1 is 1.09 bits per heavy atom. The summed E-state index contributed by atoms with van der Waals surface area (Å²) in [5.41, 5.74) is 4.06. The van der Waals surface area contributed by atoms with Crippen molar-refractivity contribution in [3.63, 3.8) is 0 Å². The van der Waals surface area contributed by atoms with Crippen LogP contribution in [0.2, 0.25) is 0 Å². The maximum atomic E-state index is 11.9. The van der Waals surface area contributed by atoms with Crippen LogP contribution >= 0.6 is 0 Å². The van der Waals surface area contributed by atoms with Crippen molar-refractivity contribution in [3.8, 4) is 0 Å². The van der Waals surface area contributed by atoms with Crippen LogP contribution in [0.5, 0.6) is 0 Å². The molecule has 0 spiro atoms. The van der Waals surface area contributed by atoms with Gasteiger partial charge in [-0.25, -0.2) is 5.43 Å². The Kier molecular flexibility index (Phi) is 4.38.